The molecule has 4 heteroatoms. The summed E-state index contributed by atoms with van der Waals surface area (Å²) in [5.41, 5.74) is 3.12. The number of ether oxygens (including phenoxy) is 2. The van der Waals surface area contributed by atoms with Gasteiger partial charge in [-0.2, -0.15) is 0 Å². The van der Waals surface area contributed by atoms with E-state index >= 15 is 0 Å². The van der Waals surface area contributed by atoms with Crippen LogP contribution in [0.2, 0.25) is 13.1 Å². The Morgan fingerprint density at radius 2 is 1.57 bits per heavy atom. The van der Waals surface area contributed by atoms with Crippen LogP contribution in [0, 0.1) is 0 Å². The zero-order valence-corrected chi connectivity index (χ0v) is 14.7. The molecule has 0 spiro atoms. The average molecular weight is 326 g/mol. The summed E-state index contributed by atoms with van der Waals surface area (Å²) in [4.78, 5) is 11.5. The highest BCUT2D eigenvalue weighted by Gasteiger charge is 2.21. The minimum Gasteiger partial charge on any atom is -0.438 e. The van der Waals surface area contributed by atoms with Gasteiger partial charge < -0.3 is 9.47 Å². The summed E-state index contributed by atoms with van der Waals surface area (Å²) >= 11 is 0. The first-order valence-electron chi connectivity index (χ1n) is 7.57. The number of benzene rings is 2. The van der Waals surface area contributed by atoms with E-state index in [0.29, 0.717) is 0 Å². The highest BCUT2D eigenvalue weighted by atomic mass is 28.3. The number of carbonyl (C=O) groups is 1. The van der Waals surface area contributed by atoms with Crippen LogP contribution in [0.3, 0.4) is 0 Å². The Balaban J connectivity index is 2.24. The second-order valence-electron chi connectivity index (χ2n) is 5.85. The lowest BCUT2D eigenvalue weighted by Gasteiger charge is -2.20. The number of hydrogen-bond donors (Lipinski definition) is 0. The van der Waals surface area contributed by atoms with E-state index in [1.165, 1.54) is 12.3 Å². The normalized spacial score (nSPS) is 12.8. The van der Waals surface area contributed by atoms with Crippen LogP contribution in [0.4, 0.5) is 4.79 Å². The molecule has 0 aliphatic carbocycles. The fourth-order valence-electron chi connectivity index (χ4n) is 2.30. The third-order valence-corrected chi connectivity index (χ3v) is 6.57. The van der Waals surface area contributed by atoms with Crippen LogP contribution in [0.15, 0.2) is 72.4 Å². The minimum absolute atomic E-state index is 0.445. The van der Waals surface area contributed by atoms with Gasteiger partial charge in [0.15, 0.2) is 0 Å². The predicted octanol–water partition coefficient (Wildman–Crippen LogP) is 4.22. The van der Waals surface area contributed by atoms with Crippen LogP contribution in [0.5, 0.6) is 0 Å². The molecular weight excluding hydrogens is 304 g/mol. The van der Waals surface area contributed by atoms with Gasteiger partial charge in [0, 0.05) is 0 Å². The molecule has 120 valence electrons. The van der Waals surface area contributed by atoms with Gasteiger partial charge in [-0.15, -0.1) is 0 Å². The Kier molecular flexibility index (Phi) is 5.76. The molecule has 0 saturated carbocycles. The van der Waals surface area contributed by atoms with Crippen molar-refractivity contribution in [2.24, 2.45) is 0 Å². The lowest BCUT2D eigenvalue weighted by atomic mass is 10.1. The van der Waals surface area contributed by atoms with E-state index < -0.39 is 20.3 Å². The summed E-state index contributed by atoms with van der Waals surface area (Å²) < 4.78 is 10.0. The maximum atomic E-state index is 11.5. The average Bonchev–Trinajstić information content (AvgIpc) is 2.60. The second kappa shape index (κ2) is 7.79. The monoisotopic (exact) mass is 326 g/mol. The largest absolute Gasteiger partial charge is 0.508 e. The molecule has 0 bridgehead atoms. The van der Waals surface area contributed by atoms with Gasteiger partial charge >= 0.3 is 6.16 Å². The van der Waals surface area contributed by atoms with E-state index in [1.54, 1.807) is 0 Å². The van der Waals surface area contributed by atoms with Gasteiger partial charge in [0.1, 0.15) is 14.2 Å². The van der Waals surface area contributed by atoms with Crippen LogP contribution < -0.4 is 5.19 Å². The fraction of sp³-hybridized carbons (Fsp3) is 0.211. The molecule has 0 radical (unpaired) electrons. The summed E-state index contributed by atoms with van der Waals surface area (Å²) in [6.07, 6.45) is 0.840. The van der Waals surface area contributed by atoms with Crippen molar-refractivity contribution in [1.29, 1.82) is 0 Å². The quantitative estimate of drug-likeness (QED) is 0.609. The van der Waals surface area contributed by atoms with Crippen LogP contribution in [-0.4, -0.2) is 21.3 Å². The highest BCUT2D eigenvalue weighted by molar-refractivity contribution is 6.93. The zero-order chi connectivity index (χ0) is 16.7. The first-order valence-corrected chi connectivity index (χ1v) is 10.6. The van der Waals surface area contributed by atoms with Gasteiger partial charge in [0.05, 0.1) is 7.11 Å². The fourth-order valence-corrected chi connectivity index (χ4v) is 4.20. The van der Waals surface area contributed by atoms with E-state index in [0.717, 1.165) is 5.56 Å². The molecule has 0 aliphatic heterocycles. The number of methoxy groups -OCH3 is 1. The molecule has 0 N–H and O–H groups in total. The molecule has 0 amide bonds. The van der Waals surface area contributed by atoms with Crippen LogP contribution in [0.25, 0.3) is 0 Å². The Morgan fingerprint density at radius 3 is 2.13 bits per heavy atom. The molecule has 2 aromatic rings. The lowest BCUT2D eigenvalue weighted by molar-refractivity contribution is 0.0522. The Labute approximate surface area is 138 Å². The van der Waals surface area contributed by atoms with Gasteiger partial charge in [-0.1, -0.05) is 84.6 Å². The second-order valence-corrected chi connectivity index (χ2v) is 10.2. The number of carbonyl (C=O) groups excluding carboxylic acids is 1. The maximum absolute atomic E-state index is 11.5. The molecule has 0 aromatic heterocycles. The van der Waals surface area contributed by atoms with Crippen molar-refractivity contribution in [2.45, 2.75) is 19.2 Å². The third-order valence-electron chi connectivity index (χ3n) is 3.72. The molecule has 2 rings (SSSR count). The van der Waals surface area contributed by atoms with Crippen molar-refractivity contribution in [3.63, 3.8) is 0 Å². The summed E-state index contributed by atoms with van der Waals surface area (Å²) in [7, 11) is -0.433. The van der Waals surface area contributed by atoms with Crippen LogP contribution in [0.1, 0.15) is 11.7 Å². The maximum Gasteiger partial charge on any atom is 0.508 e. The van der Waals surface area contributed by atoms with E-state index in [9.17, 15) is 4.79 Å². The number of hydrogen-bond acceptors (Lipinski definition) is 3. The minimum atomic E-state index is -1.75. The van der Waals surface area contributed by atoms with Gasteiger partial charge in [0.25, 0.3) is 0 Å². The molecule has 0 heterocycles. The van der Waals surface area contributed by atoms with Crippen LogP contribution in [-0.2, 0) is 9.47 Å². The van der Waals surface area contributed by atoms with E-state index in [-0.39, 0.29) is 0 Å². The van der Waals surface area contributed by atoms with Crippen LogP contribution >= 0.6 is 0 Å². The highest BCUT2D eigenvalue weighted by Crippen LogP contribution is 2.21. The van der Waals surface area contributed by atoms with E-state index in [4.69, 9.17) is 4.74 Å². The van der Waals surface area contributed by atoms with Crippen molar-refractivity contribution in [1.82, 2.24) is 0 Å². The molecule has 23 heavy (non-hydrogen) atoms. The Bertz CT molecular complexity index is 651. The Hall–Kier alpha value is -2.33. The smallest absolute Gasteiger partial charge is 0.438 e. The molecule has 0 fully saturated rings. The summed E-state index contributed by atoms with van der Waals surface area (Å²) in [5.74, 6) is 0. The van der Waals surface area contributed by atoms with E-state index in [2.05, 4.69) is 47.8 Å². The van der Waals surface area contributed by atoms with Crippen molar-refractivity contribution in [3.8, 4) is 0 Å². The van der Waals surface area contributed by atoms with Gasteiger partial charge in [0.2, 0.25) is 0 Å². The van der Waals surface area contributed by atoms with Crippen molar-refractivity contribution in [3.05, 3.63) is 78.0 Å². The van der Waals surface area contributed by atoms with Crippen molar-refractivity contribution in [2.75, 3.05) is 7.11 Å². The van der Waals surface area contributed by atoms with Gasteiger partial charge in [-0.05, 0) is 11.6 Å². The molecule has 0 aliphatic rings. The molecule has 1 atom stereocenters. The van der Waals surface area contributed by atoms with Gasteiger partial charge in [-0.25, -0.2) is 4.79 Å². The molecule has 0 saturated heterocycles. The topological polar surface area (TPSA) is 35.5 Å². The standard InChI is InChI=1S/C19H22O3Si/c1-21-19(20)22-18(16-10-6-4-7-11-16)14-15-23(2,3)17-12-8-5-9-13-17/h4-15,18H,1-3H3/b15-14+. The number of rotatable bonds is 5. The molecule has 2 aromatic carbocycles. The third kappa shape index (κ3) is 4.83. The van der Waals surface area contributed by atoms with Crippen molar-refractivity contribution >= 4 is 19.4 Å². The SMILES string of the molecule is COC(=O)OC(/C=C/[Si](C)(C)c1ccccc1)c1ccccc1. The zero-order valence-electron chi connectivity index (χ0n) is 13.7. The molecule has 1 unspecified atom stereocenters. The summed E-state index contributed by atoms with van der Waals surface area (Å²) in [6, 6.07) is 20.1. The first kappa shape index (κ1) is 17.0. The predicted molar refractivity (Wildman–Crippen MR) is 95.4 cm³/mol. The summed E-state index contributed by atoms with van der Waals surface area (Å²) in [6.45, 7) is 4.53. The Morgan fingerprint density at radius 1 is 1.00 bits per heavy atom. The summed E-state index contributed by atoms with van der Waals surface area (Å²) in [5, 5.41) is 1.33. The van der Waals surface area contributed by atoms with Gasteiger partial charge in [-0.3, -0.25) is 0 Å². The lowest BCUT2D eigenvalue weighted by Crippen LogP contribution is -2.39. The first-order chi connectivity index (χ1) is 11.0. The van der Waals surface area contributed by atoms with Crippen molar-refractivity contribution < 1.29 is 14.3 Å². The molecular formula is C19H22O3Si. The van der Waals surface area contributed by atoms with E-state index in [1.807, 2.05) is 42.5 Å². The molecule has 3 nitrogen and oxygen atoms in total.